The van der Waals surface area contributed by atoms with Gasteiger partial charge in [-0.05, 0) is 38.3 Å². The largest absolute Gasteiger partial charge is 1.00 e. The van der Waals surface area contributed by atoms with Gasteiger partial charge in [-0.25, -0.2) is 4.57 Å². The molecule has 178 valence electrons. The molecule has 0 aliphatic carbocycles. The van der Waals surface area contributed by atoms with E-state index in [-0.39, 0.29) is 12.4 Å². The van der Waals surface area contributed by atoms with E-state index in [0.717, 1.165) is 0 Å². The van der Waals surface area contributed by atoms with Gasteiger partial charge in [-0.1, -0.05) is 90.0 Å². The van der Waals surface area contributed by atoms with Gasteiger partial charge in [-0.2, -0.15) is 5.26 Å². The predicted octanol–water partition coefficient (Wildman–Crippen LogP) is 3.94. The second-order valence-corrected chi connectivity index (χ2v) is 11.2. The molecule has 0 saturated carbocycles. The quantitative estimate of drug-likeness (QED) is 0.183. The minimum atomic E-state index is -1.39. The molecule has 1 amide bonds. The normalized spacial score (nSPS) is 10.4. The molecule has 2 N–H and O–H groups in total. The van der Waals surface area contributed by atoms with E-state index in [1.807, 2.05) is 0 Å². The monoisotopic (exact) mass is 579 g/mol. The number of aromatic nitrogens is 1. The summed E-state index contributed by atoms with van der Waals surface area (Å²) in [6.07, 6.45) is 24.4. The molecule has 1 aromatic rings. The van der Waals surface area contributed by atoms with Crippen molar-refractivity contribution in [1.82, 2.24) is 0 Å². The smallest absolute Gasteiger partial charge is 0.259 e. The molecule has 0 fully saturated rings. The Labute approximate surface area is 213 Å². The topological polar surface area (TPSA) is 70.8 Å². The van der Waals surface area contributed by atoms with Gasteiger partial charge in [-0.15, -0.1) is 0 Å². The third-order valence-corrected chi connectivity index (χ3v) is 6.13. The molecule has 0 aliphatic heterocycles. The Morgan fingerprint density at radius 3 is 1.55 bits per heavy atom. The second-order valence-electron chi connectivity index (χ2n) is 7.76. The number of rotatable bonds is 16. The predicted molar refractivity (Wildman–Crippen MR) is 132 cm³/mol. The van der Waals surface area contributed by atoms with Gasteiger partial charge in [0, 0.05) is 18.6 Å². The number of aryl methyl sites for hydroxylation is 1. The number of halogens is 3. The Balaban J connectivity index is 0. The number of nitriles is 1. The summed E-state index contributed by atoms with van der Waals surface area (Å²) in [6, 6.07) is 7.91. The van der Waals surface area contributed by atoms with E-state index in [0.29, 0.717) is 0 Å². The van der Waals surface area contributed by atoms with Crippen LogP contribution in [0.5, 0.6) is 0 Å². The molecule has 1 aromatic heterocycles. The van der Waals surface area contributed by atoms with Gasteiger partial charge in [0.2, 0.25) is 3.23 Å². The highest BCUT2D eigenvalue weighted by atomic mass is 79.9. The maximum absolute atomic E-state index is 10.2. The molecule has 0 spiro atoms. The first-order valence-electron chi connectivity index (χ1n) is 11.5. The lowest BCUT2D eigenvalue weighted by Gasteiger charge is -2.02. The van der Waals surface area contributed by atoms with Gasteiger partial charge in [-0.3, -0.25) is 4.79 Å². The number of carbonyl (C=O) groups excluding carboxylic acids is 1. The van der Waals surface area contributed by atoms with Gasteiger partial charge < -0.3 is 18.1 Å². The molecular formula is C24H40Br2ClN3O. The van der Waals surface area contributed by atoms with Crippen LogP contribution in [0.15, 0.2) is 30.6 Å². The van der Waals surface area contributed by atoms with Crippen molar-refractivity contribution in [2.75, 3.05) is 0 Å². The number of amides is 1. The van der Waals surface area contributed by atoms with Crippen molar-refractivity contribution >= 4 is 37.8 Å². The van der Waals surface area contributed by atoms with Gasteiger partial charge in [0.1, 0.15) is 12.6 Å². The maximum Gasteiger partial charge on any atom is 0.259 e. The van der Waals surface area contributed by atoms with Crippen LogP contribution < -0.4 is 22.7 Å². The molecule has 7 heteroatoms. The Morgan fingerprint density at radius 1 is 0.839 bits per heavy atom. The zero-order valence-corrected chi connectivity index (χ0v) is 22.9. The van der Waals surface area contributed by atoms with Crippen LogP contribution >= 0.6 is 31.9 Å². The summed E-state index contributed by atoms with van der Waals surface area (Å²) < 4.78 is 0.903. The Bertz CT molecular complexity index is 580. The average molecular weight is 582 g/mol. The van der Waals surface area contributed by atoms with Crippen molar-refractivity contribution in [3.63, 3.8) is 0 Å². The fraction of sp³-hybridized carbons (Fsp3) is 0.708. The van der Waals surface area contributed by atoms with Crippen LogP contribution in [0.4, 0.5) is 0 Å². The molecule has 31 heavy (non-hydrogen) atoms. The van der Waals surface area contributed by atoms with Crippen LogP contribution in [-0.2, 0) is 11.3 Å². The molecule has 1 heterocycles. The molecule has 0 saturated heterocycles. The number of pyridine rings is 1. The average Bonchev–Trinajstić information content (AvgIpc) is 2.75. The summed E-state index contributed by atoms with van der Waals surface area (Å²) in [4.78, 5) is 10.2. The molecule has 0 bridgehead atoms. The van der Waals surface area contributed by atoms with E-state index >= 15 is 0 Å². The van der Waals surface area contributed by atoms with Gasteiger partial charge >= 0.3 is 0 Å². The number of carbonyl (C=O) groups is 1. The van der Waals surface area contributed by atoms with E-state index in [9.17, 15) is 4.79 Å². The third kappa shape index (κ3) is 21.0. The lowest BCUT2D eigenvalue weighted by molar-refractivity contribution is -0.697. The number of hydrogen-bond acceptors (Lipinski definition) is 2. The highest BCUT2D eigenvalue weighted by Crippen LogP contribution is 2.23. The van der Waals surface area contributed by atoms with Crippen LogP contribution in [0.1, 0.15) is 96.8 Å². The highest BCUT2D eigenvalue weighted by Gasteiger charge is 2.28. The third-order valence-electron chi connectivity index (χ3n) is 5.00. The number of nitrogens with two attached hydrogens (primary N) is 1. The van der Waals surface area contributed by atoms with Gasteiger partial charge in [0.05, 0.1) is 0 Å². The van der Waals surface area contributed by atoms with Crippen molar-refractivity contribution in [2.24, 2.45) is 5.73 Å². The summed E-state index contributed by atoms with van der Waals surface area (Å²) in [7, 11) is 0. The summed E-state index contributed by atoms with van der Waals surface area (Å²) >= 11 is 5.45. The lowest BCUT2D eigenvalue weighted by atomic mass is 10.0. The minimum absolute atomic E-state index is 0. The van der Waals surface area contributed by atoms with E-state index in [4.69, 9.17) is 11.0 Å². The van der Waals surface area contributed by atoms with Crippen LogP contribution in [0.2, 0.25) is 0 Å². The Kier molecular flexibility index (Phi) is 23.7. The summed E-state index contributed by atoms with van der Waals surface area (Å²) in [6.45, 7) is 3.47. The van der Waals surface area contributed by atoms with E-state index in [2.05, 4.69) is 73.9 Å². The molecule has 0 radical (unpaired) electrons. The molecule has 0 unspecified atom stereocenters. The van der Waals surface area contributed by atoms with Crippen LogP contribution in [0.25, 0.3) is 0 Å². The first-order valence-corrected chi connectivity index (χ1v) is 13.1. The summed E-state index contributed by atoms with van der Waals surface area (Å²) in [5.41, 5.74) is 4.73. The lowest BCUT2D eigenvalue weighted by Crippen LogP contribution is -3.00. The standard InChI is InChI=1S/C21H38N.C3H2Br2N2O.ClH/c1-2-3-4-5-6-7-8-9-10-11-12-13-14-16-19-22-20-17-15-18-21-22;4-3(5,1-6)2(7)8;/h15,17-18,20-21H,2-14,16,19H2,1H3;(H2,7,8);1H/q+1;;/p-1. The Morgan fingerprint density at radius 2 is 1.23 bits per heavy atom. The number of hydrogen-bond donors (Lipinski definition) is 1. The second kappa shape index (κ2) is 22.6. The van der Waals surface area contributed by atoms with E-state index < -0.39 is 9.14 Å². The number of primary amides is 1. The molecule has 4 nitrogen and oxygen atoms in total. The van der Waals surface area contributed by atoms with Gasteiger partial charge in [0.15, 0.2) is 12.4 Å². The van der Waals surface area contributed by atoms with Crippen molar-refractivity contribution < 1.29 is 21.8 Å². The van der Waals surface area contributed by atoms with Crippen molar-refractivity contribution in [1.29, 1.82) is 5.26 Å². The fourth-order valence-corrected chi connectivity index (χ4v) is 3.13. The summed E-state index contributed by atoms with van der Waals surface area (Å²) in [5.74, 6) is -0.750. The Hall–Kier alpha value is -0.640. The first-order chi connectivity index (χ1) is 14.4. The maximum atomic E-state index is 10.2. The van der Waals surface area contributed by atoms with Crippen molar-refractivity contribution in [3.8, 4) is 6.07 Å². The molecule has 0 atom stereocenters. The van der Waals surface area contributed by atoms with Crippen molar-refractivity contribution in [2.45, 2.75) is 107 Å². The van der Waals surface area contributed by atoms with Crippen molar-refractivity contribution in [3.05, 3.63) is 30.6 Å². The van der Waals surface area contributed by atoms with Crippen LogP contribution in [0, 0.1) is 11.3 Å². The number of nitrogens with zero attached hydrogens (tertiary/aromatic N) is 2. The highest BCUT2D eigenvalue weighted by molar-refractivity contribution is 9.26. The van der Waals surface area contributed by atoms with Gasteiger partial charge in [0.25, 0.3) is 5.91 Å². The first kappa shape index (κ1) is 32.5. The molecule has 0 aromatic carbocycles. The number of alkyl halides is 2. The summed E-state index contributed by atoms with van der Waals surface area (Å²) in [5, 5.41) is 8.12. The van der Waals surface area contributed by atoms with Crippen LogP contribution in [0.3, 0.4) is 0 Å². The fourth-order valence-electron chi connectivity index (χ4n) is 3.13. The zero-order chi connectivity index (χ0) is 22.5. The SMILES string of the molecule is CCCCCCCCCCCCCCCC[n+]1ccccc1.N#CC(Br)(Br)C(N)=O.[Cl-]. The molecular weight excluding hydrogens is 542 g/mol. The van der Waals surface area contributed by atoms with Crippen LogP contribution in [-0.4, -0.2) is 9.14 Å². The number of unbranched alkanes of at least 4 members (excludes halogenated alkanes) is 13. The molecule has 0 aliphatic rings. The molecule has 1 rings (SSSR count). The minimum Gasteiger partial charge on any atom is -1.00 e. The van der Waals surface area contributed by atoms with E-state index in [1.54, 1.807) is 6.07 Å². The van der Waals surface area contributed by atoms with E-state index in [1.165, 1.54) is 96.4 Å². The zero-order valence-electron chi connectivity index (χ0n) is 19.0.